The predicted octanol–water partition coefficient (Wildman–Crippen LogP) is 6.05. The highest BCUT2D eigenvalue weighted by Crippen LogP contribution is 2.39. The summed E-state index contributed by atoms with van der Waals surface area (Å²) in [4.78, 5) is 2.64. The molecule has 0 radical (unpaired) electrons. The van der Waals surface area contributed by atoms with Gasteiger partial charge < -0.3 is 0 Å². The largest absolute Gasteiger partial charge is 0.280 e. The van der Waals surface area contributed by atoms with Crippen molar-refractivity contribution in [3.8, 4) is 0 Å². The Balaban J connectivity index is 1.68. The lowest BCUT2D eigenvalue weighted by Crippen LogP contribution is -2.53. The highest BCUT2D eigenvalue weighted by molar-refractivity contribution is 7.89. The van der Waals surface area contributed by atoms with Crippen molar-refractivity contribution in [1.82, 2.24) is 9.31 Å². The van der Waals surface area contributed by atoms with Crippen LogP contribution in [0.4, 0.5) is 0 Å². The van der Waals surface area contributed by atoms with E-state index in [0.29, 0.717) is 12.6 Å². The maximum Gasteiger partial charge on any atom is 0.280 e. The molecule has 0 aromatic heterocycles. The molecule has 1 heterocycles. The van der Waals surface area contributed by atoms with Gasteiger partial charge in [0.2, 0.25) is 0 Å². The number of sulfonamides is 1. The minimum atomic E-state index is -3.89. The van der Waals surface area contributed by atoms with Gasteiger partial charge in [0.1, 0.15) is 6.17 Å². The molecule has 0 bridgehead atoms. The Labute approximate surface area is 209 Å². The molecule has 0 saturated heterocycles. The summed E-state index contributed by atoms with van der Waals surface area (Å²) in [6.45, 7) is 4.64. The summed E-state index contributed by atoms with van der Waals surface area (Å²) in [6, 6.07) is 25.5. The molecule has 1 aliphatic heterocycles. The molecular weight excluding hydrogens is 454 g/mol. The number of hydrazone groups is 1. The SMILES string of the molecule is Cc1ccc(C2=NN(S(=O)(=O)c3ccc(C)cc3)C(c3ccccc3)N(C3CCCCC3)C2)cc1. The van der Waals surface area contributed by atoms with Gasteiger partial charge in [0, 0.05) is 12.6 Å². The summed E-state index contributed by atoms with van der Waals surface area (Å²) in [5.74, 6) is 0. The van der Waals surface area contributed by atoms with Gasteiger partial charge in [-0.25, -0.2) is 0 Å². The number of nitrogens with zero attached hydrogens (tertiary/aromatic N) is 3. The zero-order valence-corrected chi connectivity index (χ0v) is 21.3. The molecule has 0 amide bonds. The third kappa shape index (κ3) is 4.91. The molecule has 1 fully saturated rings. The Morgan fingerprint density at radius 2 is 1.37 bits per heavy atom. The summed E-state index contributed by atoms with van der Waals surface area (Å²) in [7, 11) is -3.89. The van der Waals surface area contributed by atoms with Crippen molar-refractivity contribution in [2.45, 2.75) is 63.1 Å². The fraction of sp³-hybridized carbons (Fsp3) is 0.345. The van der Waals surface area contributed by atoms with Gasteiger partial charge in [0.25, 0.3) is 10.0 Å². The quantitative estimate of drug-likeness (QED) is 0.440. The van der Waals surface area contributed by atoms with Crippen LogP contribution in [0.15, 0.2) is 88.9 Å². The fourth-order valence-electron chi connectivity index (χ4n) is 5.18. The lowest BCUT2D eigenvalue weighted by atomic mass is 9.92. The van der Waals surface area contributed by atoms with Crippen LogP contribution in [0, 0.1) is 13.8 Å². The zero-order chi connectivity index (χ0) is 24.4. The molecule has 3 aromatic carbocycles. The Morgan fingerprint density at radius 3 is 2.00 bits per heavy atom. The Kier molecular flexibility index (Phi) is 6.76. The molecule has 35 heavy (non-hydrogen) atoms. The van der Waals surface area contributed by atoms with Crippen LogP contribution in [0.1, 0.15) is 60.5 Å². The average molecular weight is 488 g/mol. The maximum absolute atomic E-state index is 14.1. The van der Waals surface area contributed by atoms with E-state index in [1.165, 1.54) is 29.2 Å². The number of benzene rings is 3. The van der Waals surface area contributed by atoms with E-state index in [9.17, 15) is 8.42 Å². The number of hydrogen-bond acceptors (Lipinski definition) is 4. The van der Waals surface area contributed by atoms with Crippen LogP contribution in [0.3, 0.4) is 0 Å². The Hall–Kier alpha value is -2.96. The molecule has 2 aliphatic rings. The van der Waals surface area contributed by atoms with Gasteiger partial charge in [-0.2, -0.15) is 17.9 Å². The summed E-state index contributed by atoms with van der Waals surface area (Å²) in [5, 5.41) is 4.88. The highest BCUT2D eigenvalue weighted by Gasteiger charge is 2.42. The van der Waals surface area contributed by atoms with Crippen LogP contribution in [-0.4, -0.2) is 36.0 Å². The van der Waals surface area contributed by atoms with Crippen molar-refractivity contribution in [1.29, 1.82) is 0 Å². The molecule has 1 unspecified atom stereocenters. The second kappa shape index (κ2) is 9.96. The van der Waals surface area contributed by atoms with Gasteiger partial charge in [-0.1, -0.05) is 97.1 Å². The highest BCUT2D eigenvalue weighted by atomic mass is 32.2. The van der Waals surface area contributed by atoms with E-state index < -0.39 is 16.2 Å². The first kappa shape index (κ1) is 23.8. The van der Waals surface area contributed by atoms with Crippen LogP contribution in [0.25, 0.3) is 0 Å². The normalized spacial score (nSPS) is 20.0. The molecule has 1 aliphatic carbocycles. The van der Waals surface area contributed by atoms with Crippen molar-refractivity contribution < 1.29 is 8.42 Å². The summed E-state index contributed by atoms with van der Waals surface area (Å²) >= 11 is 0. The van der Waals surface area contributed by atoms with E-state index in [1.54, 1.807) is 12.1 Å². The van der Waals surface area contributed by atoms with Crippen molar-refractivity contribution in [3.63, 3.8) is 0 Å². The minimum Gasteiger partial charge on any atom is -0.268 e. The van der Waals surface area contributed by atoms with E-state index in [-0.39, 0.29) is 4.90 Å². The maximum atomic E-state index is 14.1. The minimum absolute atomic E-state index is 0.265. The summed E-state index contributed by atoms with van der Waals surface area (Å²) in [6.07, 6.45) is 5.24. The Bertz CT molecular complexity index is 1280. The molecular formula is C29H33N3O2S. The molecule has 3 aromatic rings. The van der Waals surface area contributed by atoms with Gasteiger partial charge in [-0.15, -0.1) is 0 Å². The summed E-state index contributed by atoms with van der Waals surface area (Å²) < 4.78 is 29.6. The van der Waals surface area contributed by atoms with Gasteiger partial charge in [-0.05, 0) is 49.9 Å². The molecule has 5 nitrogen and oxygen atoms in total. The molecule has 1 atom stereocenters. The molecule has 5 rings (SSSR count). The van der Waals surface area contributed by atoms with E-state index in [0.717, 1.165) is 35.2 Å². The van der Waals surface area contributed by atoms with E-state index in [2.05, 4.69) is 24.0 Å². The standard InChI is InChI=1S/C29H33N3O2S/c1-22-13-17-24(18-14-22)28-21-31(26-11-7-4-8-12-26)29(25-9-5-3-6-10-25)32(30-28)35(33,34)27-19-15-23(2)16-20-27/h3,5-6,9-10,13-20,26,29H,4,7-8,11-12,21H2,1-2H3. The van der Waals surface area contributed by atoms with Crippen LogP contribution >= 0.6 is 0 Å². The summed E-state index contributed by atoms with van der Waals surface area (Å²) in [5.41, 5.74) is 4.89. The second-order valence-electron chi connectivity index (χ2n) is 9.75. The topological polar surface area (TPSA) is 53.0 Å². The van der Waals surface area contributed by atoms with Gasteiger partial charge >= 0.3 is 0 Å². The third-order valence-electron chi connectivity index (χ3n) is 7.17. The molecule has 1 saturated carbocycles. The number of hydrogen-bond donors (Lipinski definition) is 0. The van der Waals surface area contributed by atoms with Crippen LogP contribution < -0.4 is 0 Å². The first-order chi connectivity index (χ1) is 16.9. The van der Waals surface area contributed by atoms with Gasteiger partial charge in [0.05, 0.1) is 10.6 Å². The van der Waals surface area contributed by atoms with Gasteiger partial charge in [0.15, 0.2) is 0 Å². The van der Waals surface area contributed by atoms with Crippen LogP contribution in [0.2, 0.25) is 0 Å². The lowest BCUT2D eigenvalue weighted by Gasteiger charge is -2.46. The molecule has 0 spiro atoms. The molecule has 182 valence electrons. The van der Waals surface area contributed by atoms with Gasteiger partial charge in [-0.3, -0.25) is 4.90 Å². The molecule has 0 N–H and O–H groups in total. The predicted molar refractivity (Wildman–Crippen MR) is 141 cm³/mol. The van der Waals surface area contributed by atoms with E-state index in [1.807, 2.05) is 61.5 Å². The average Bonchev–Trinajstić information content (AvgIpc) is 2.89. The van der Waals surface area contributed by atoms with Crippen LogP contribution in [-0.2, 0) is 10.0 Å². The first-order valence-corrected chi connectivity index (χ1v) is 13.9. The smallest absolute Gasteiger partial charge is 0.268 e. The fourth-order valence-corrected chi connectivity index (χ4v) is 6.58. The zero-order valence-electron chi connectivity index (χ0n) is 20.5. The number of rotatable bonds is 5. The number of aryl methyl sites for hydroxylation is 2. The second-order valence-corrected chi connectivity index (χ2v) is 11.5. The third-order valence-corrected chi connectivity index (χ3v) is 8.81. The molecule has 6 heteroatoms. The van der Waals surface area contributed by atoms with Crippen molar-refractivity contribution in [2.75, 3.05) is 6.54 Å². The Morgan fingerprint density at radius 1 is 0.771 bits per heavy atom. The monoisotopic (exact) mass is 487 g/mol. The van der Waals surface area contributed by atoms with Crippen molar-refractivity contribution in [2.24, 2.45) is 5.10 Å². The van der Waals surface area contributed by atoms with Crippen LogP contribution in [0.5, 0.6) is 0 Å². The van der Waals surface area contributed by atoms with E-state index >= 15 is 0 Å². The first-order valence-electron chi connectivity index (χ1n) is 12.5. The van der Waals surface area contributed by atoms with E-state index in [4.69, 9.17) is 5.10 Å². The van der Waals surface area contributed by atoms with Crippen molar-refractivity contribution >= 4 is 15.7 Å². The van der Waals surface area contributed by atoms with Crippen molar-refractivity contribution in [3.05, 3.63) is 101 Å². The lowest BCUT2D eigenvalue weighted by molar-refractivity contribution is 0.0443.